The first-order valence-corrected chi connectivity index (χ1v) is 7.60. The van der Waals surface area contributed by atoms with Gasteiger partial charge in [0, 0.05) is 30.4 Å². The molecule has 0 aliphatic heterocycles. The van der Waals surface area contributed by atoms with Gasteiger partial charge in [-0.2, -0.15) is 0 Å². The van der Waals surface area contributed by atoms with E-state index in [1.807, 2.05) is 25.1 Å². The molecule has 0 aromatic heterocycles. The molecular weight excluding hydrogens is 252 g/mol. The van der Waals surface area contributed by atoms with Crippen LogP contribution >= 0.6 is 0 Å². The quantitative estimate of drug-likeness (QED) is 0.752. The second-order valence-corrected chi connectivity index (χ2v) is 5.43. The van der Waals surface area contributed by atoms with E-state index in [0.717, 1.165) is 23.5 Å². The van der Waals surface area contributed by atoms with E-state index < -0.39 is 0 Å². The van der Waals surface area contributed by atoms with Crippen molar-refractivity contribution in [3.05, 3.63) is 23.8 Å². The molecule has 1 saturated carbocycles. The van der Waals surface area contributed by atoms with Crippen molar-refractivity contribution < 1.29 is 9.84 Å². The monoisotopic (exact) mass is 278 g/mol. The molecule has 4 nitrogen and oxygen atoms in total. The highest BCUT2D eigenvalue weighted by atomic mass is 16.5. The van der Waals surface area contributed by atoms with Gasteiger partial charge in [0.1, 0.15) is 5.75 Å². The van der Waals surface area contributed by atoms with Crippen LogP contribution in [0, 0.1) is 0 Å². The van der Waals surface area contributed by atoms with Crippen LogP contribution in [0.3, 0.4) is 0 Å². The Morgan fingerprint density at radius 3 is 2.75 bits per heavy atom. The molecule has 1 aliphatic carbocycles. The minimum absolute atomic E-state index is 0.197. The topological polar surface area (TPSA) is 58.7 Å². The maximum Gasteiger partial charge on any atom is 0.123 e. The van der Waals surface area contributed by atoms with E-state index in [-0.39, 0.29) is 6.61 Å². The van der Waals surface area contributed by atoms with Crippen LogP contribution in [0.4, 0.5) is 5.69 Å². The van der Waals surface area contributed by atoms with Crippen LogP contribution in [0.1, 0.15) is 38.2 Å². The molecule has 0 atom stereocenters. The van der Waals surface area contributed by atoms with E-state index in [4.69, 9.17) is 10.5 Å². The number of hydrogen-bond acceptors (Lipinski definition) is 4. The molecule has 20 heavy (non-hydrogen) atoms. The zero-order chi connectivity index (χ0) is 14.4. The normalized spacial score (nSPS) is 15.9. The molecule has 0 saturated heterocycles. The maximum absolute atomic E-state index is 9.30. The van der Waals surface area contributed by atoms with Gasteiger partial charge in [-0.05, 0) is 38.0 Å². The Balaban J connectivity index is 2.13. The maximum atomic E-state index is 9.30. The van der Waals surface area contributed by atoms with E-state index in [1.165, 1.54) is 25.7 Å². The van der Waals surface area contributed by atoms with E-state index in [2.05, 4.69) is 4.90 Å². The van der Waals surface area contributed by atoms with Gasteiger partial charge in [0.2, 0.25) is 0 Å². The van der Waals surface area contributed by atoms with Gasteiger partial charge in [-0.25, -0.2) is 0 Å². The fraction of sp³-hybridized carbons (Fsp3) is 0.625. The van der Waals surface area contributed by atoms with Gasteiger partial charge in [0.15, 0.2) is 0 Å². The third kappa shape index (κ3) is 3.87. The van der Waals surface area contributed by atoms with Crippen molar-refractivity contribution in [3.8, 4) is 5.75 Å². The molecule has 2 rings (SSSR count). The minimum Gasteiger partial charge on any atom is -0.494 e. The highest BCUT2D eigenvalue weighted by Gasteiger charge is 2.23. The van der Waals surface area contributed by atoms with Gasteiger partial charge >= 0.3 is 0 Å². The second kappa shape index (κ2) is 7.50. The van der Waals surface area contributed by atoms with Crippen molar-refractivity contribution in [2.24, 2.45) is 0 Å². The summed E-state index contributed by atoms with van der Waals surface area (Å²) in [4.78, 5) is 2.37. The number of nitrogens with two attached hydrogens (primary N) is 1. The Bertz CT molecular complexity index is 417. The summed E-state index contributed by atoms with van der Waals surface area (Å²) in [5, 5.41) is 9.30. The molecule has 1 aromatic rings. The number of aliphatic hydroxyl groups excluding tert-OH is 1. The molecule has 3 N–H and O–H groups in total. The van der Waals surface area contributed by atoms with Crippen LogP contribution in [-0.2, 0) is 6.54 Å². The van der Waals surface area contributed by atoms with Crippen molar-refractivity contribution in [2.45, 2.75) is 45.2 Å². The first-order chi connectivity index (χ1) is 9.74. The predicted molar refractivity (Wildman–Crippen MR) is 81.8 cm³/mol. The fourth-order valence-electron chi connectivity index (χ4n) is 3.03. The van der Waals surface area contributed by atoms with Crippen molar-refractivity contribution in [1.82, 2.24) is 4.90 Å². The molecular formula is C16H26N2O2. The minimum atomic E-state index is 0.197. The van der Waals surface area contributed by atoms with Crippen molar-refractivity contribution in [2.75, 3.05) is 25.5 Å². The van der Waals surface area contributed by atoms with Gasteiger partial charge in [0.05, 0.1) is 13.2 Å². The molecule has 1 aromatic carbocycles. The molecule has 112 valence electrons. The summed E-state index contributed by atoms with van der Waals surface area (Å²) in [5.41, 5.74) is 7.78. The lowest BCUT2D eigenvalue weighted by molar-refractivity contribution is 0.143. The Morgan fingerprint density at radius 1 is 1.35 bits per heavy atom. The molecule has 0 bridgehead atoms. The van der Waals surface area contributed by atoms with Crippen LogP contribution in [-0.4, -0.2) is 35.8 Å². The summed E-state index contributed by atoms with van der Waals surface area (Å²) in [6.45, 7) is 4.35. The number of nitrogens with zero attached hydrogens (tertiary/aromatic N) is 1. The number of hydrogen-bond donors (Lipinski definition) is 2. The highest BCUT2D eigenvalue weighted by Crippen LogP contribution is 2.28. The molecule has 1 aliphatic rings. The van der Waals surface area contributed by atoms with Gasteiger partial charge in [-0.3, -0.25) is 4.90 Å². The zero-order valence-corrected chi connectivity index (χ0v) is 12.3. The summed E-state index contributed by atoms with van der Waals surface area (Å²) < 4.78 is 5.69. The van der Waals surface area contributed by atoms with Gasteiger partial charge in [-0.1, -0.05) is 12.8 Å². The standard InChI is InChI=1S/C16H26N2O2/c1-2-20-16-8-7-14(17)11-13(16)12-18(9-10-19)15-5-3-4-6-15/h7-8,11,15,19H,2-6,9-10,12,17H2,1H3. The highest BCUT2D eigenvalue weighted by molar-refractivity contribution is 5.47. The molecule has 4 heteroatoms. The average Bonchev–Trinajstić information content (AvgIpc) is 2.95. The van der Waals surface area contributed by atoms with Gasteiger partial charge < -0.3 is 15.6 Å². The largest absolute Gasteiger partial charge is 0.494 e. The molecule has 0 unspecified atom stereocenters. The zero-order valence-electron chi connectivity index (χ0n) is 12.3. The molecule has 0 spiro atoms. The van der Waals surface area contributed by atoms with E-state index >= 15 is 0 Å². The number of ether oxygens (including phenoxy) is 1. The van der Waals surface area contributed by atoms with Crippen LogP contribution in [0.25, 0.3) is 0 Å². The Hall–Kier alpha value is -1.26. The van der Waals surface area contributed by atoms with Crippen LogP contribution in [0.5, 0.6) is 5.75 Å². The number of rotatable bonds is 7. The number of nitrogen functional groups attached to an aromatic ring is 1. The summed E-state index contributed by atoms with van der Waals surface area (Å²) in [6.07, 6.45) is 5.04. The van der Waals surface area contributed by atoms with Gasteiger partial charge in [-0.15, -0.1) is 0 Å². The molecule has 0 amide bonds. The lowest BCUT2D eigenvalue weighted by Gasteiger charge is -2.29. The number of anilines is 1. The van der Waals surface area contributed by atoms with E-state index in [9.17, 15) is 5.11 Å². The number of benzene rings is 1. The smallest absolute Gasteiger partial charge is 0.123 e. The number of aliphatic hydroxyl groups is 1. The third-order valence-corrected chi connectivity index (χ3v) is 3.99. The van der Waals surface area contributed by atoms with Gasteiger partial charge in [0.25, 0.3) is 0 Å². The molecule has 1 fully saturated rings. The first-order valence-electron chi connectivity index (χ1n) is 7.60. The molecule has 0 heterocycles. The summed E-state index contributed by atoms with van der Waals surface area (Å²) in [6, 6.07) is 6.39. The Labute approximate surface area is 121 Å². The summed E-state index contributed by atoms with van der Waals surface area (Å²) in [7, 11) is 0. The van der Waals surface area contributed by atoms with Crippen LogP contribution in [0.2, 0.25) is 0 Å². The van der Waals surface area contributed by atoms with Crippen LogP contribution < -0.4 is 10.5 Å². The van der Waals surface area contributed by atoms with E-state index in [0.29, 0.717) is 19.2 Å². The summed E-state index contributed by atoms with van der Waals surface area (Å²) >= 11 is 0. The van der Waals surface area contributed by atoms with Crippen LogP contribution in [0.15, 0.2) is 18.2 Å². The predicted octanol–water partition coefficient (Wildman–Crippen LogP) is 2.40. The fourth-order valence-corrected chi connectivity index (χ4v) is 3.03. The lowest BCUT2D eigenvalue weighted by Crippen LogP contribution is -2.35. The Morgan fingerprint density at radius 2 is 2.10 bits per heavy atom. The average molecular weight is 278 g/mol. The SMILES string of the molecule is CCOc1ccc(N)cc1CN(CCO)C1CCCC1. The van der Waals surface area contributed by atoms with Crippen molar-refractivity contribution >= 4 is 5.69 Å². The van der Waals surface area contributed by atoms with E-state index in [1.54, 1.807) is 0 Å². The lowest BCUT2D eigenvalue weighted by atomic mass is 10.1. The van der Waals surface area contributed by atoms with Crippen molar-refractivity contribution in [1.29, 1.82) is 0 Å². The third-order valence-electron chi connectivity index (χ3n) is 3.99. The summed E-state index contributed by atoms with van der Waals surface area (Å²) in [5.74, 6) is 0.905. The Kier molecular flexibility index (Phi) is 5.68. The van der Waals surface area contributed by atoms with Crippen molar-refractivity contribution in [3.63, 3.8) is 0 Å². The second-order valence-electron chi connectivity index (χ2n) is 5.43. The first kappa shape index (κ1) is 15.1. The molecule has 0 radical (unpaired) electrons.